The number of rotatable bonds is 5. The van der Waals surface area contributed by atoms with Crippen LogP contribution in [0.3, 0.4) is 0 Å². The summed E-state index contributed by atoms with van der Waals surface area (Å²) in [6.45, 7) is 0.287. The molecule has 0 aliphatic carbocycles. The van der Waals surface area contributed by atoms with Crippen LogP contribution in [0.4, 0.5) is 10.5 Å². The topological polar surface area (TPSA) is 75.7 Å². The lowest BCUT2D eigenvalue weighted by molar-refractivity contribution is -0.122. The van der Waals surface area contributed by atoms with Gasteiger partial charge in [0.2, 0.25) is 0 Å². The number of nitrogens with one attached hydrogen (secondary N) is 1. The van der Waals surface area contributed by atoms with Gasteiger partial charge in [0.15, 0.2) is 0 Å². The van der Waals surface area contributed by atoms with Crippen molar-refractivity contribution in [2.45, 2.75) is 6.61 Å². The molecule has 0 bridgehead atoms. The predicted octanol–water partition coefficient (Wildman–Crippen LogP) is 6.76. The smallest absolute Gasteiger partial charge is 0.335 e. The Morgan fingerprint density at radius 2 is 1.56 bits per heavy atom. The lowest BCUT2D eigenvalue weighted by atomic mass is 10.1. The van der Waals surface area contributed by atoms with Gasteiger partial charge in [-0.05, 0) is 91.5 Å². The van der Waals surface area contributed by atoms with Crippen LogP contribution in [0.25, 0.3) is 6.08 Å². The van der Waals surface area contributed by atoms with Gasteiger partial charge in [-0.2, -0.15) is 0 Å². The first-order valence-electron chi connectivity index (χ1n) is 9.76. The third-order valence-corrected chi connectivity index (χ3v) is 6.42. The highest BCUT2D eigenvalue weighted by atomic mass is 79.9. The molecule has 0 saturated carbocycles. The maximum absolute atomic E-state index is 13.1. The molecule has 10 heteroatoms. The summed E-state index contributed by atoms with van der Waals surface area (Å²) >= 11 is 19.0. The summed E-state index contributed by atoms with van der Waals surface area (Å²) in [6, 6.07) is 16.1. The van der Waals surface area contributed by atoms with Gasteiger partial charge in [-0.15, -0.1) is 0 Å². The second-order valence-corrected chi connectivity index (χ2v) is 9.75. The number of carbonyl (C=O) groups excluding carboxylic acids is 3. The molecule has 34 heavy (non-hydrogen) atoms. The molecule has 6 nitrogen and oxygen atoms in total. The summed E-state index contributed by atoms with van der Waals surface area (Å²) in [5.74, 6) is -1.01. The monoisotopic (exact) mass is 622 g/mol. The van der Waals surface area contributed by atoms with Gasteiger partial charge in [0.05, 0.1) is 14.6 Å². The summed E-state index contributed by atoms with van der Waals surface area (Å²) in [5, 5.41) is 3.15. The van der Waals surface area contributed by atoms with Crippen LogP contribution in [0, 0.1) is 0 Å². The van der Waals surface area contributed by atoms with Crippen molar-refractivity contribution < 1.29 is 19.1 Å². The fraction of sp³-hybridized carbons (Fsp3) is 0.0417. The second-order valence-electron chi connectivity index (χ2n) is 7.17. The van der Waals surface area contributed by atoms with E-state index in [0.29, 0.717) is 30.3 Å². The second kappa shape index (κ2) is 10.3. The van der Waals surface area contributed by atoms with Crippen molar-refractivity contribution in [2.24, 2.45) is 0 Å². The van der Waals surface area contributed by atoms with Crippen molar-refractivity contribution in [3.05, 3.63) is 96.4 Å². The highest BCUT2D eigenvalue weighted by Gasteiger charge is 2.36. The maximum Gasteiger partial charge on any atom is 0.335 e. The van der Waals surface area contributed by atoms with Gasteiger partial charge >= 0.3 is 6.03 Å². The van der Waals surface area contributed by atoms with E-state index >= 15 is 0 Å². The van der Waals surface area contributed by atoms with E-state index in [1.165, 1.54) is 12.1 Å². The van der Waals surface area contributed by atoms with Crippen LogP contribution in [0.5, 0.6) is 5.75 Å². The largest absolute Gasteiger partial charge is 0.487 e. The van der Waals surface area contributed by atoms with E-state index in [-0.39, 0.29) is 17.9 Å². The minimum Gasteiger partial charge on any atom is -0.487 e. The SMILES string of the molecule is O=C1NC(=O)N(c2cccc(Cl)c2)C(=O)/C1=C/c1cc(Br)c(OCc2cccc(Cl)c2)c(Br)c1. The molecule has 4 rings (SSSR count). The molecule has 0 aromatic heterocycles. The Balaban J connectivity index is 1.61. The van der Waals surface area contributed by atoms with Crippen LogP contribution in [-0.2, 0) is 16.2 Å². The zero-order valence-corrected chi connectivity index (χ0v) is 21.8. The fourth-order valence-corrected chi connectivity index (χ4v) is 5.11. The molecule has 1 heterocycles. The van der Waals surface area contributed by atoms with Crippen molar-refractivity contribution in [3.8, 4) is 5.75 Å². The number of ether oxygens (including phenoxy) is 1. The van der Waals surface area contributed by atoms with Crippen LogP contribution >= 0.6 is 55.1 Å². The number of anilines is 1. The van der Waals surface area contributed by atoms with Crippen molar-refractivity contribution in [3.63, 3.8) is 0 Å². The van der Waals surface area contributed by atoms with Crippen LogP contribution in [0.2, 0.25) is 10.0 Å². The fourth-order valence-electron chi connectivity index (χ4n) is 3.26. The van der Waals surface area contributed by atoms with Crippen LogP contribution < -0.4 is 15.0 Å². The predicted molar refractivity (Wildman–Crippen MR) is 138 cm³/mol. The molecular formula is C24H14Br2Cl2N2O4. The normalized spacial score (nSPS) is 15.0. The number of carbonyl (C=O) groups is 3. The third kappa shape index (κ3) is 5.36. The van der Waals surface area contributed by atoms with Crippen LogP contribution in [0.1, 0.15) is 11.1 Å². The van der Waals surface area contributed by atoms with Crippen LogP contribution in [-0.4, -0.2) is 17.8 Å². The number of urea groups is 1. The quantitative estimate of drug-likeness (QED) is 0.251. The highest BCUT2D eigenvalue weighted by molar-refractivity contribution is 9.11. The molecule has 1 aliphatic heterocycles. The number of imide groups is 2. The average Bonchev–Trinajstić information content (AvgIpc) is 2.76. The van der Waals surface area contributed by atoms with Gasteiger partial charge in [0.1, 0.15) is 17.9 Å². The van der Waals surface area contributed by atoms with E-state index in [1.807, 2.05) is 18.2 Å². The maximum atomic E-state index is 13.1. The van der Waals surface area contributed by atoms with Crippen molar-refractivity contribution in [2.75, 3.05) is 4.90 Å². The zero-order chi connectivity index (χ0) is 24.4. The highest BCUT2D eigenvalue weighted by Crippen LogP contribution is 2.36. The van der Waals surface area contributed by atoms with Gasteiger partial charge in [-0.1, -0.05) is 41.4 Å². The van der Waals surface area contributed by atoms with Gasteiger partial charge in [-0.3, -0.25) is 14.9 Å². The first kappa shape index (κ1) is 24.5. The number of hydrogen-bond donors (Lipinski definition) is 1. The molecule has 1 aliphatic rings. The zero-order valence-electron chi connectivity index (χ0n) is 17.2. The van der Waals surface area contributed by atoms with Crippen LogP contribution in [0.15, 0.2) is 75.2 Å². The minimum atomic E-state index is -0.846. The molecule has 3 aromatic rings. The Kier molecular flexibility index (Phi) is 7.42. The van der Waals surface area contributed by atoms with Gasteiger partial charge < -0.3 is 4.74 Å². The summed E-state index contributed by atoms with van der Waals surface area (Å²) in [7, 11) is 0. The van der Waals surface area contributed by atoms with Crippen molar-refractivity contribution in [1.82, 2.24) is 5.32 Å². The van der Waals surface area contributed by atoms with E-state index in [9.17, 15) is 14.4 Å². The van der Waals surface area contributed by atoms with E-state index in [1.54, 1.807) is 36.4 Å². The summed E-state index contributed by atoms with van der Waals surface area (Å²) in [6.07, 6.45) is 1.40. The Bertz CT molecular complexity index is 1340. The summed E-state index contributed by atoms with van der Waals surface area (Å²) < 4.78 is 7.11. The van der Waals surface area contributed by atoms with Gasteiger partial charge in [-0.25, -0.2) is 9.69 Å². The molecule has 0 unspecified atom stereocenters. The minimum absolute atomic E-state index is 0.203. The molecule has 1 saturated heterocycles. The van der Waals surface area contributed by atoms with Gasteiger partial charge in [0, 0.05) is 10.0 Å². The number of hydrogen-bond acceptors (Lipinski definition) is 4. The molecule has 0 spiro atoms. The molecule has 4 amide bonds. The Hall–Kier alpha value is -2.65. The van der Waals surface area contributed by atoms with Crippen molar-refractivity contribution in [1.29, 1.82) is 0 Å². The first-order valence-corrected chi connectivity index (χ1v) is 12.1. The molecule has 1 fully saturated rings. The van der Waals surface area contributed by atoms with E-state index in [2.05, 4.69) is 37.2 Å². The molecule has 172 valence electrons. The molecule has 0 atom stereocenters. The van der Waals surface area contributed by atoms with E-state index in [0.717, 1.165) is 10.5 Å². The number of barbiturate groups is 1. The molecular weight excluding hydrogens is 611 g/mol. The third-order valence-electron chi connectivity index (χ3n) is 4.77. The molecule has 0 radical (unpaired) electrons. The summed E-state index contributed by atoms with van der Waals surface area (Å²) in [5.41, 5.74) is 1.48. The standard InChI is InChI=1S/C24H14Br2Cl2N2O4/c25-19-9-14(10-20(26)21(19)34-12-13-3-1-4-15(27)7-13)8-18-22(31)29-24(33)30(23(18)32)17-6-2-5-16(28)11-17/h1-11H,12H2,(H,29,31,33)/b18-8+. The van der Waals surface area contributed by atoms with E-state index in [4.69, 9.17) is 27.9 Å². The Morgan fingerprint density at radius 3 is 2.21 bits per heavy atom. The average molecular weight is 625 g/mol. The molecule has 1 N–H and O–H groups in total. The lowest BCUT2D eigenvalue weighted by Crippen LogP contribution is -2.54. The Morgan fingerprint density at radius 1 is 0.912 bits per heavy atom. The van der Waals surface area contributed by atoms with Gasteiger partial charge in [0.25, 0.3) is 11.8 Å². The molecule has 3 aromatic carbocycles. The number of halogens is 4. The van der Waals surface area contributed by atoms with Crippen molar-refractivity contribution >= 4 is 84.7 Å². The van der Waals surface area contributed by atoms with E-state index < -0.39 is 17.8 Å². The lowest BCUT2D eigenvalue weighted by Gasteiger charge is -2.26. The Labute approximate surface area is 221 Å². The first-order chi connectivity index (χ1) is 16.2. The number of amides is 4. The number of nitrogens with zero attached hydrogens (tertiary/aromatic N) is 1. The summed E-state index contributed by atoms with van der Waals surface area (Å²) in [4.78, 5) is 38.7. The number of benzene rings is 3.